The maximum absolute atomic E-state index is 11.4. The zero-order chi connectivity index (χ0) is 10.1. The largest absolute Gasteiger partial charge is 0.463 e. The number of hydrogen-bond acceptors (Lipinski definition) is 3. The minimum Gasteiger partial charge on any atom is -0.463 e. The summed E-state index contributed by atoms with van der Waals surface area (Å²) in [4.78, 5) is 24.3. The van der Waals surface area contributed by atoms with Crippen LogP contribution in [0.3, 0.4) is 0 Å². The highest BCUT2D eigenvalue weighted by Crippen LogP contribution is 2.28. The molecule has 2 aliphatic rings. The maximum atomic E-state index is 11.4. The Morgan fingerprint density at radius 1 is 1.57 bits per heavy atom. The number of carbonyl (C=O) groups excluding carboxylic acids is 2. The lowest BCUT2D eigenvalue weighted by atomic mass is 10.2. The van der Waals surface area contributed by atoms with Crippen LogP contribution >= 0.6 is 0 Å². The number of allylic oxidation sites excluding steroid dienone is 1. The van der Waals surface area contributed by atoms with Crippen LogP contribution in [0, 0.1) is 0 Å². The molecule has 0 saturated heterocycles. The predicted octanol–water partition coefficient (Wildman–Crippen LogP) is 0.606. The van der Waals surface area contributed by atoms with Crippen LogP contribution in [0.1, 0.15) is 13.3 Å². The topological polar surface area (TPSA) is 46.6 Å². The van der Waals surface area contributed by atoms with Crippen molar-refractivity contribution in [3.05, 3.63) is 23.4 Å². The van der Waals surface area contributed by atoms with Gasteiger partial charge in [0.15, 0.2) is 0 Å². The molecule has 0 bridgehead atoms. The fraction of sp³-hybridized carbons (Fsp3) is 0.400. The van der Waals surface area contributed by atoms with Crippen molar-refractivity contribution < 1.29 is 14.3 Å². The summed E-state index contributed by atoms with van der Waals surface area (Å²) in [7, 11) is 0. The molecule has 0 atom stereocenters. The number of hydrogen-bond donors (Lipinski definition) is 0. The quantitative estimate of drug-likeness (QED) is 0.603. The molecule has 0 aromatic carbocycles. The third-order valence-electron chi connectivity index (χ3n) is 2.36. The maximum Gasteiger partial charge on any atom is 0.336 e. The Morgan fingerprint density at radius 3 is 3.07 bits per heavy atom. The van der Waals surface area contributed by atoms with Crippen molar-refractivity contribution >= 4 is 11.9 Å². The Labute approximate surface area is 81.8 Å². The van der Waals surface area contributed by atoms with E-state index in [1.54, 1.807) is 17.9 Å². The summed E-state index contributed by atoms with van der Waals surface area (Å²) in [5.74, 6) is -0.344. The van der Waals surface area contributed by atoms with Gasteiger partial charge in [0.2, 0.25) is 0 Å². The molecule has 1 amide bonds. The fourth-order valence-corrected chi connectivity index (χ4v) is 1.72. The van der Waals surface area contributed by atoms with Crippen LogP contribution in [0.5, 0.6) is 0 Å². The molecule has 0 aliphatic carbocycles. The van der Waals surface area contributed by atoms with E-state index in [9.17, 15) is 9.59 Å². The number of esters is 1. The average molecular weight is 193 g/mol. The second kappa shape index (κ2) is 3.29. The molecule has 0 radical (unpaired) electrons. The van der Waals surface area contributed by atoms with Crippen molar-refractivity contribution in [3.63, 3.8) is 0 Å². The summed E-state index contributed by atoms with van der Waals surface area (Å²) >= 11 is 0. The van der Waals surface area contributed by atoms with E-state index in [0.29, 0.717) is 30.8 Å². The molecule has 2 heterocycles. The lowest BCUT2D eigenvalue weighted by Crippen LogP contribution is -2.20. The Hall–Kier alpha value is -1.58. The van der Waals surface area contributed by atoms with E-state index < -0.39 is 0 Å². The van der Waals surface area contributed by atoms with Crippen LogP contribution in [0.15, 0.2) is 23.4 Å². The van der Waals surface area contributed by atoms with Gasteiger partial charge < -0.3 is 9.64 Å². The molecule has 0 spiro atoms. The second-order valence-electron chi connectivity index (χ2n) is 3.16. The molecule has 0 unspecified atom stereocenters. The van der Waals surface area contributed by atoms with Gasteiger partial charge in [-0.1, -0.05) is 0 Å². The van der Waals surface area contributed by atoms with Crippen molar-refractivity contribution in [1.29, 1.82) is 0 Å². The molecule has 4 heteroatoms. The Bertz CT molecular complexity index is 354. The Kier molecular flexibility index (Phi) is 2.11. The number of amides is 1. The van der Waals surface area contributed by atoms with E-state index in [4.69, 9.17) is 4.74 Å². The number of rotatable bonds is 2. The summed E-state index contributed by atoms with van der Waals surface area (Å²) in [6.07, 6.45) is 3.76. The highest BCUT2D eigenvalue weighted by atomic mass is 16.5. The summed E-state index contributed by atoms with van der Waals surface area (Å²) in [6, 6.07) is 0. The first-order chi connectivity index (χ1) is 6.74. The van der Waals surface area contributed by atoms with Crippen molar-refractivity contribution in [2.24, 2.45) is 0 Å². The van der Waals surface area contributed by atoms with Gasteiger partial charge in [-0.25, -0.2) is 4.79 Å². The molecular formula is C10H11NO3. The predicted molar refractivity (Wildman–Crippen MR) is 49.1 cm³/mol. The molecule has 14 heavy (non-hydrogen) atoms. The van der Waals surface area contributed by atoms with Crippen LogP contribution in [-0.4, -0.2) is 29.9 Å². The van der Waals surface area contributed by atoms with Gasteiger partial charge in [0, 0.05) is 12.6 Å². The average Bonchev–Trinajstić information content (AvgIpc) is 2.69. The van der Waals surface area contributed by atoms with Gasteiger partial charge in [-0.15, -0.1) is 0 Å². The summed E-state index contributed by atoms with van der Waals surface area (Å²) in [6.45, 7) is 2.73. The molecule has 0 fully saturated rings. The van der Waals surface area contributed by atoms with E-state index in [1.165, 1.54) is 6.08 Å². The summed E-state index contributed by atoms with van der Waals surface area (Å²) in [5.41, 5.74) is 1.34. The normalized spacial score (nSPS) is 19.2. The van der Waals surface area contributed by atoms with Crippen LogP contribution in [0.25, 0.3) is 0 Å². The second-order valence-corrected chi connectivity index (χ2v) is 3.16. The Balaban J connectivity index is 2.25. The van der Waals surface area contributed by atoms with E-state index in [1.807, 2.05) is 0 Å². The third kappa shape index (κ3) is 1.23. The minimum atomic E-state index is -0.302. The smallest absolute Gasteiger partial charge is 0.336 e. The first-order valence-electron chi connectivity index (χ1n) is 4.64. The van der Waals surface area contributed by atoms with E-state index in [2.05, 4.69) is 0 Å². The van der Waals surface area contributed by atoms with Crippen molar-refractivity contribution in [1.82, 2.24) is 4.90 Å². The van der Waals surface area contributed by atoms with Gasteiger partial charge in [-0.05, 0) is 19.4 Å². The zero-order valence-electron chi connectivity index (χ0n) is 7.95. The van der Waals surface area contributed by atoms with E-state index in [0.717, 1.165) is 0 Å². The van der Waals surface area contributed by atoms with Gasteiger partial charge in [0.25, 0.3) is 5.91 Å². The standard InChI is InChI=1S/C10H11NO3/c1-2-14-10(13)7-5-6-11-8(7)3-4-9(11)12/h3-4H,2,5-6H2,1H3. The molecule has 0 saturated carbocycles. The van der Waals surface area contributed by atoms with Gasteiger partial charge >= 0.3 is 5.97 Å². The SMILES string of the molecule is CCOC(=O)C1=C2C=CC(=O)N2CC1. The van der Waals surface area contributed by atoms with Crippen LogP contribution < -0.4 is 0 Å². The van der Waals surface area contributed by atoms with E-state index in [-0.39, 0.29) is 11.9 Å². The van der Waals surface area contributed by atoms with Crippen LogP contribution in [0.2, 0.25) is 0 Å². The summed E-state index contributed by atoms with van der Waals surface area (Å²) < 4.78 is 4.90. The van der Waals surface area contributed by atoms with Crippen LogP contribution in [0.4, 0.5) is 0 Å². The molecule has 74 valence electrons. The van der Waals surface area contributed by atoms with Crippen molar-refractivity contribution in [2.45, 2.75) is 13.3 Å². The summed E-state index contributed by atoms with van der Waals surface area (Å²) in [5, 5.41) is 0. The zero-order valence-corrected chi connectivity index (χ0v) is 7.95. The number of carbonyl (C=O) groups is 2. The highest BCUT2D eigenvalue weighted by Gasteiger charge is 2.32. The number of ether oxygens (including phenoxy) is 1. The molecule has 4 nitrogen and oxygen atoms in total. The number of fused-ring (bicyclic) bond motifs is 1. The first-order valence-corrected chi connectivity index (χ1v) is 4.64. The highest BCUT2D eigenvalue weighted by molar-refractivity contribution is 5.99. The molecular weight excluding hydrogens is 182 g/mol. The molecule has 0 N–H and O–H groups in total. The van der Waals surface area contributed by atoms with Crippen LogP contribution in [-0.2, 0) is 14.3 Å². The van der Waals surface area contributed by atoms with Gasteiger partial charge in [0.05, 0.1) is 17.9 Å². The lowest BCUT2D eigenvalue weighted by Gasteiger charge is -2.09. The molecule has 2 rings (SSSR count). The monoisotopic (exact) mass is 193 g/mol. The molecule has 0 aromatic heterocycles. The molecule has 0 aromatic rings. The Morgan fingerprint density at radius 2 is 2.36 bits per heavy atom. The third-order valence-corrected chi connectivity index (χ3v) is 2.36. The minimum absolute atomic E-state index is 0.0423. The molecule has 2 aliphatic heterocycles. The first kappa shape index (κ1) is 8.99. The van der Waals surface area contributed by atoms with Crippen molar-refractivity contribution in [3.8, 4) is 0 Å². The van der Waals surface area contributed by atoms with Gasteiger partial charge in [-0.2, -0.15) is 0 Å². The lowest BCUT2D eigenvalue weighted by molar-refractivity contribution is -0.138. The van der Waals surface area contributed by atoms with Gasteiger partial charge in [-0.3, -0.25) is 4.79 Å². The number of nitrogens with zero attached hydrogens (tertiary/aromatic N) is 1. The van der Waals surface area contributed by atoms with E-state index >= 15 is 0 Å². The fourth-order valence-electron chi connectivity index (χ4n) is 1.72. The van der Waals surface area contributed by atoms with Crippen molar-refractivity contribution in [2.75, 3.05) is 13.2 Å². The van der Waals surface area contributed by atoms with Gasteiger partial charge in [0.1, 0.15) is 0 Å².